The fraction of sp³-hybridized carbons (Fsp3) is 0.318. The quantitative estimate of drug-likeness (QED) is 0.601. The summed E-state index contributed by atoms with van der Waals surface area (Å²) in [5.74, 6) is 1.00. The molecule has 0 saturated heterocycles. The van der Waals surface area contributed by atoms with Crippen LogP contribution in [0.5, 0.6) is 5.75 Å². The Hall–Kier alpha value is -2.60. The molecule has 0 amide bonds. The molecule has 1 fully saturated rings. The van der Waals surface area contributed by atoms with Crippen LogP contribution in [0.1, 0.15) is 32.6 Å². The van der Waals surface area contributed by atoms with Crippen LogP contribution in [-0.2, 0) is 4.79 Å². The van der Waals surface area contributed by atoms with Gasteiger partial charge in [-0.3, -0.25) is 14.2 Å². The molecule has 5 nitrogen and oxygen atoms in total. The molecule has 4 rings (SSSR count). The average Bonchev–Trinajstić information content (AvgIpc) is 2.71. The van der Waals surface area contributed by atoms with Crippen molar-refractivity contribution in [1.29, 1.82) is 0 Å². The predicted molar refractivity (Wildman–Crippen MR) is 112 cm³/mol. The van der Waals surface area contributed by atoms with Gasteiger partial charge in [0, 0.05) is 6.42 Å². The van der Waals surface area contributed by atoms with Gasteiger partial charge in [0.1, 0.15) is 11.5 Å². The number of hydrogen-bond acceptors (Lipinski definition) is 5. The molecule has 1 aliphatic carbocycles. The molecule has 0 spiro atoms. The van der Waals surface area contributed by atoms with E-state index in [9.17, 15) is 9.59 Å². The summed E-state index contributed by atoms with van der Waals surface area (Å²) in [5, 5.41) is 0.986. The predicted octanol–water partition coefficient (Wildman–Crippen LogP) is 4.39. The number of Topliss-reactive ketones (excluding diaryl/α,β-unsaturated/α-hetero) is 1. The first-order valence-electron chi connectivity index (χ1n) is 9.62. The summed E-state index contributed by atoms with van der Waals surface area (Å²) in [7, 11) is 0. The minimum Gasteiger partial charge on any atom is -0.494 e. The number of ether oxygens (including phenoxy) is 1. The lowest BCUT2D eigenvalue weighted by molar-refractivity contribution is -0.119. The Balaban J connectivity index is 1.83. The lowest BCUT2D eigenvalue weighted by Gasteiger charge is -2.21. The van der Waals surface area contributed by atoms with E-state index >= 15 is 0 Å². The van der Waals surface area contributed by atoms with E-state index in [1.54, 1.807) is 10.6 Å². The number of carbonyl (C=O) groups is 1. The Kier molecular flexibility index (Phi) is 5.48. The number of fused-ring (bicyclic) bond motifs is 1. The number of benzene rings is 2. The van der Waals surface area contributed by atoms with Gasteiger partial charge in [0.05, 0.1) is 28.4 Å². The minimum atomic E-state index is -0.143. The maximum Gasteiger partial charge on any atom is 0.266 e. The zero-order valence-electron chi connectivity index (χ0n) is 15.8. The molecule has 0 radical (unpaired) electrons. The number of aromatic nitrogens is 2. The molecule has 28 heavy (non-hydrogen) atoms. The molecule has 0 aliphatic heterocycles. The van der Waals surface area contributed by atoms with Crippen LogP contribution in [0.3, 0.4) is 0 Å². The van der Waals surface area contributed by atoms with Crippen molar-refractivity contribution in [3.8, 4) is 11.4 Å². The van der Waals surface area contributed by atoms with Crippen LogP contribution in [0.2, 0.25) is 0 Å². The van der Waals surface area contributed by atoms with Gasteiger partial charge >= 0.3 is 0 Å². The van der Waals surface area contributed by atoms with E-state index in [-0.39, 0.29) is 16.6 Å². The number of hydrogen-bond donors (Lipinski definition) is 0. The Morgan fingerprint density at radius 3 is 2.64 bits per heavy atom. The molecule has 1 atom stereocenters. The summed E-state index contributed by atoms with van der Waals surface area (Å²) >= 11 is 1.41. The highest BCUT2D eigenvalue weighted by molar-refractivity contribution is 8.00. The molecule has 1 aromatic heterocycles. The first-order chi connectivity index (χ1) is 13.7. The van der Waals surface area contributed by atoms with Crippen LogP contribution < -0.4 is 10.3 Å². The third kappa shape index (κ3) is 3.69. The van der Waals surface area contributed by atoms with Gasteiger partial charge in [-0.2, -0.15) is 0 Å². The minimum absolute atomic E-state index is 0.125. The molecule has 3 aromatic rings. The molecular formula is C22H22N2O3S. The van der Waals surface area contributed by atoms with Gasteiger partial charge in [0.25, 0.3) is 5.56 Å². The normalized spacial score (nSPS) is 17.0. The van der Waals surface area contributed by atoms with Crippen LogP contribution in [0.15, 0.2) is 58.5 Å². The van der Waals surface area contributed by atoms with Crippen LogP contribution in [0, 0.1) is 0 Å². The van der Waals surface area contributed by atoms with Gasteiger partial charge in [-0.1, -0.05) is 30.3 Å². The lowest BCUT2D eigenvalue weighted by atomic mass is 9.99. The number of para-hydroxylation sites is 1. The monoisotopic (exact) mass is 394 g/mol. The second-order valence-electron chi connectivity index (χ2n) is 6.80. The molecule has 2 aromatic carbocycles. The van der Waals surface area contributed by atoms with E-state index in [1.165, 1.54) is 11.8 Å². The third-order valence-corrected chi connectivity index (χ3v) is 6.16. The topological polar surface area (TPSA) is 61.2 Å². The molecule has 0 unspecified atom stereocenters. The van der Waals surface area contributed by atoms with Crippen molar-refractivity contribution in [3.05, 3.63) is 58.9 Å². The fourth-order valence-electron chi connectivity index (χ4n) is 3.48. The smallest absolute Gasteiger partial charge is 0.266 e. The highest BCUT2D eigenvalue weighted by Gasteiger charge is 2.26. The number of thioether (sulfide) groups is 1. The SMILES string of the molecule is CCOc1ccc(-n2c(S[C@@H]3CCCCC3=O)nc3ccccc3c2=O)cc1. The van der Waals surface area contributed by atoms with E-state index in [2.05, 4.69) is 0 Å². The van der Waals surface area contributed by atoms with Gasteiger partial charge in [0.15, 0.2) is 5.16 Å². The van der Waals surface area contributed by atoms with Crippen molar-refractivity contribution >= 4 is 28.4 Å². The Bertz CT molecular complexity index is 1060. The fourth-order valence-corrected chi connectivity index (χ4v) is 4.71. The summed E-state index contributed by atoms with van der Waals surface area (Å²) in [6, 6.07) is 14.7. The summed E-state index contributed by atoms with van der Waals surface area (Å²) in [6.45, 7) is 2.52. The highest BCUT2D eigenvalue weighted by Crippen LogP contribution is 2.32. The second kappa shape index (κ2) is 8.19. The van der Waals surface area contributed by atoms with Gasteiger partial charge < -0.3 is 4.74 Å². The van der Waals surface area contributed by atoms with E-state index in [4.69, 9.17) is 9.72 Å². The number of rotatable bonds is 5. The first-order valence-corrected chi connectivity index (χ1v) is 10.5. The number of ketones is 1. The molecule has 1 saturated carbocycles. The van der Waals surface area contributed by atoms with Crippen LogP contribution in [0.25, 0.3) is 16.6 Å². The summed E-state index contributed by atoms with van der Waals surface area (Å²) in [6.07, 6.45) is 3.42. The first kappa shape index (κ1) is 18.7. The zero-order chi connectivity index (χ0) is 19.5. The van der Waals surface area contributed by atoms with Crippen LogP contribution in [0.4, 0.5) is 0 Å². The maximum absolute atomic E-state index is 13.3. The molecular weight excluding hydrogens is 372 g/mol. The van der Waals surface area contributed by atoms with Crippen molar-refractivity contribution < 1.29 is 9.53 Å². The number of nitrogens with zero attached hydrogens (tertiary/aromatic N) is 2. The molecule has 0 bridgehead atoms. The number of carbonyl (C=O) groups excluding carboxylic acids is 1. The molecule has 6 heteroatoms. The van der Waals surface area contributed by atoms with E-state index in [1.807, 2.05) is 49.4 Å². The van der Waals surface area contributed by atoms with Crippen molar-refractivity contribution in [2.75, 3.05) is 6.61 Å². The second-order valence-corrected chi connectivity index (χ2v) is 7.97. The summed E-state index contributed by atoms with van der Waals surface area (Å²) in [5.41, 5.74) is 1.25. The van der Waals surface area contributed by atoms with Gasteiger partial charge in [-0.05, 0) is 56.2 Å². The van der Waals surface area contributed by atoms with Crippen molar-refractivity contribution in [2.24, 2.45) is 0 Å². The largest absolute Gasteiger partial charge is 0.494 e. The van der Waals surface area contributed by atoms with Gasteiger partial charge in [0.2, 0.25) is 0 Å². The summed E-state index contributed by atoms with van der Waals surface area (Å²) in [4.78, 5) is 30.4. The third-order valence-electron chi connectivity index (χ3n) is 4.90. The van der Waals surface area contributed by atoms with E-state index in [0.29, 0.717) is 29.1 Å². The average molecular weight is 394 g/mol. The molecule has 0 N–H and O–H groups in total. The summed E-state index contributed by atoms with van der Waals surface area (Å²) < 4.78 is 7.13. The Labute approximate surface area is 167 Å². The standard InChI is InChI=1S/C22H22N2O3S/c1-2-27-16-13-11-15(12-14-16)24-21(26)17-7-3-4-8-18(17)23-22(24)28-20-10-6-5-9-19(20)25/h3-4,7-8,11-14,20H,2,5-6,9-10H2,1H3/t20-/m1/s1. The van der Waals surface area contributed by atoms with Gasteiger partial charge in [-0.25, -0.2) is 4.98 Å². The van der Waals surface area contributed by atoms with E-state index in [0.717, 1.165) is 30.7 Å². The molecule has 1 aliphatic rings. The van der Waals surface area contributed by atoms with Crippen LogP contribution in [-0.4, -0.2) is 27.2 Å². The van der Waals surface area contributed by atoms with Crippen LogP contribution >= 0.6 is 11.8 Å². The lowest BCUT2D eigenvalue weighted by Crippen LogP contribution is -2.26. The van der Waals surface area contributed by atoms with Crippen molar-refractivity contribution in [1.82, 2.24) is 9.55 Å². The van der Waals surface area contributed by atoms with Crippen molar-refractivity contribution in [3.63, 3.8) is 0 Å². The molecule has 1 heterocycles. The Morgan fingerprint density at radius 2 is 1.89 bits per heavy atom. The van der Waals surface area contributed by atoms with Crippen molar-refractivity contribution in [2.45, 2.75) is 43.0 Å². The Morgan fingerprint density at radius 1 is 1.11 bits per heavy atom. The maximum atomic E-state index is 13.3. The van der Waals surface area contributed by atoms with E-state index < -0.39 is 0 Å². The molecule has 144 valence electrons. The highest BCUT2D eigenvalue weighted by atomic mass is 32.2. The zero-order valence-corrected chi connectivity index (χ0v) is 16.6. The van der Waals surface area contributed by atoms with Gasteiger partial charge in [-0.15, -0.1) is 0 Å².